The molecule has 0 spiro atoms. The number of carbonyl (C=O) groups excluding carboxylic acids is 2. The number of hydrogen-bond acceptors (Lipinski definition) is 2. The normalized spacial score (nSPS) is 17.1. The monoisotopic (exact) mass is 430 g/mol. The average molecular weight is 430 g/mol. The van der Waals surface area contributed by atoms with Gasteiger partial charge in [-0.25, -0.2) is 0 Å². The van der Waals surface area contributed by atoms with Crippen LogP contribution in [0.1, 0.15) is 29.8 Å². The maximum absolute atomic E-state index is 11.6. The Bertz CT molecular complexity index is 469. The summed E-state index contributed by atoms with van der Waals surface area (Å²) in [6.45, 7) is 3.52. The van der Waals surface area contributed by atoms with Crippen LogP contribution < -0.4 is 5.32 Å². The van der Waals surface area contributed by atoms with Gasteiger partial charge in [0.25, 0.3) is 5.91 Å². The minimum atomic E-state index is -0.711. The van der Waals surface area contributed by atoms with Crippen LogP contribution in [-0.2, 0) is 10.2 Å². The van der Waals surface area contributed by atoms with Crippen molar-refractivity contribution in [1.29, 1.82) is 0 Å². The summed E-state index contributed by atoms with van der Waals surface area (Å²) in [5.41, 5.74) is 8.11. The van der Waals surface area contributed by atoms with Gasteiger partial charge in [0.1, 0.15) is 0 Å². The maximum atomic E-state index is 11.6. The molecule has 1 radical (unpaired) electrons. The standard InChI is InChI=1S/C11H11N2O2.Ac/c1-11(2)8-4-3-6(12)5-7(8)9(14)13-10(11)15;/h3-5,12H,1-2H3,(H,13,14,15);/q-1;. The van der Waals surface area contributed by atoms with Crippen molar-refractivity contribution in [3.8, 4) is 0 Å². The molecule has 0 aliphatic carbocycles. The van der Waals surface area contributed by atoms with Crippen LogP contribution in [0.2, 0.25) is 0 Å². The third kappa shape index (κ3) is 2.03. The smallest absolute Gasteiger partial charge is 0.258 e. The van der Waals surface area contributed by atoms with Crippen molar-refractivity contribution in [3.05, 3.63) is 35.1 Å². The van der Waals surface area contributed by atoms with Crippen LogP contribution in [0, 0.1) is 44.1 Å². The Balaban J connectivity index is 0.00000128. The second-order valence-electron chi connectivity index (χ2n) is 4.17. The van der Waals surface area contributed by atoms with Crippen LogP contribution in [0.25, 0.3) is 5.73 Å². The summed E-state index contributed by atoms with van der Waals surface area (Å²) >= 11 is 0. The fourth-order valence-electron chi connectivity index (χ4n) is 1.73. The van der Waals surface area contributed by atoms with Gasteiger partial charge in [0.05, 0.1) is 5.41 Å². The quantitative estimate of drug-likeness (QED) is 0.640. The van der Waals surface area contributed by atoms with Crippen molar-refractivity contribution in [1.82, 2.24) is 5.32 Å². The van der Waals surface area contributed by atoms with Crippen molar-refractivity contribution in [3.63, 3.8) is 0 Å². The van der Waals surface area contributed by atoms with E-state index in [2.05, 4.69) is 5.32 Å². The fourth-order valence-corrected chi connectivity index (χ4v) is 1.73. The number of carbonyl (C=O) groups is 2. The third-order valence-corrected chi connectivity index (χ3v) is 2.73. The zero-order chi connectivity index (χ0) is 11.2. The molecule has 1 heterocycles. The number of benzene rings is 1. The molecule has 0 bridgehead atoms. The molecule has 2 N–H and O–H groups in total. The summed E-state index contributed by atoms with van der Waals surface area (Å²) in [7, 11) is 0. The third-order valence-electron chi connectivity index (χ3n) is 2.73. The molecule has 1 aliphatic heterocycles. The predicted molar refractivity (Wildman–Crippen MR) is 55.9 cm³/mol. The largest absolute Gasteiger partial charge is 0.699 e. The number of rotatable bonds is 0. The SMILES string of the molecule is CC1(C)C(=O)NC(=O)c2cc([NH-])ccc21.[Ac]. The molecule has 1 aromatic rings. The summed E-state index contributed by atoms with van der Waals surface area (Å²) in [6, 6.07) is 4.75. The van der Waals surface area contributed by atoms with Crippen molar-refractivity contribution < 1.29 is 53.7 Å². The van der Waals surface area contributed by atoms with Gasteiger partial charge in [-0.1, -0.05) is 18.2 Å². The molecule has 0 aromatic heterocycles. The minimum Gasteiger partial charge on any atom is -0.699 e. The molecule has 0 fully saturated rings. The number of imide groups is 1. The summed E-state index contributed by atoms with van der Waals surface area (Å²) < 4.78 is 0. The molecule has 16 heavy (non-hydrogen) atoms. The summed E-state index contributed by atoms with van der Waals surface area (Å²) in [4.78, 5) is 23.1. The van der Waals surface area contributed by atoms with E-state index in [-0.39, 0.29) is 55.7 Å². The Hall–Kier alpha value is -0.398. The zero-order valence-electron chi connectivity index (χ0n) is 9.13. The number of nitrogens with one attached hydrogen (secondary N) is 2. The first-order valence-electron chi connectivity index (χ1n) is 4.65. The van der Waals surface area contributed by atoms with Crippen LogP contribution >= 0.6 is 0 Å². The Morgan fingerprint density at radius 2 is 1.88 bits per heavy atom. The van der Waals surface area contributed by atoms with Crippen molar-refractivity contribution >= 4 is 17.5 Å². The van der Waals surface area contributed by atoms with Crippen molar-refractivity contribution in [2.75, 3.05) is 0 Å². The first-order chi connectivity index (χ1) is 6.93. The van der Waals surface area contributed by atoms with E-state index in [4.69, 9.17) is 5.73 Å². The van der Waals surface area contributed by atoms with Crippen LogP contribution in [0.3, 0.4) is 0 Å². The van der Waals surface area contributed by atoms with E-state index in [0.29, 0.717) is 11.1 Å². The molecule has 1 aromatic carbocycles. The second kappa shape index (κ2) is 4.46. The zero-order valence-corrected chi connectivity index (χ0v) is 13.9. The number of hydrogen-bond donors (Lipinski definition) is 1. The van der Waals surface area contributed by atoms with Gasteiger partial charge in [-0.05, 0) is 19.4 Å². The van der Waals surface area contributed by atoms with Gasteiger partial charge >= 0.3 is 0 Å². The molecule has 5 heteroatoms. The molecule has 2 rings (SSSR count). The molecule has 1 aliphatic rings. The summed E-state index contributed by atoms with van der Waals surface area (Å²) in [5, 5.41) is 2.29. The van der Waals surface area contributed by atoms with Crippen molar-refractivity contribution in [2.45, 2.75) is 19.3 Å². The van der Waals surface area contributed by atoms with Gasteiger partial charge in [0, 0.05) is 49.6 Å². The van der Waals surface area contributed by atoms with Crippen LogP contribution in [0.15, 0.2) is 18.2 Å². The predicted octanol–water partition coefficient (Wildman–Crippen LogP) is 1.92. The maximum Gasteiger partial charge on any atom is 0.258 e. The van der Waals surface area contributed by atoms with E-state index in [9.17, 15) is 9.59 Å². The molecular formula is C11H11AcN2O2-. The van der Waals surface area contributed by atoms with Gasteiger partial charge in [-0.2, -0.15) is 0 Å². The fraction of sp³-hybridized carbons (Fsp3) is 0.273. The Kier molecular flexibility index (Phi) is 3.81. The topological polar surface area (TPSA) is 70.0 Å². The van der Waals surface area contributed by atoms with Gasteiger partial charge in [-0.15, -0.1) is 5.69 Å². The first-order valence-corrected chi connectivity index (χ1v) is 4.65. The molecular weight excluding hydrogens is 419 g/mol. The molecule has 0 atom stereocenters. The molecule has 81 valence electrons. The van der Waals surface area contributed by atoms with Crippen molar-refractivity contribution in [2.24, 2.45) is 0 Å². The first kappa shape index (κ1) is 13.7. The van der Waals surface area contributed by atoms with Gasteiger partial charge < -0.3 is 5.73 Å². The molecule has 4 nitrogen and oxygen atoms in total. The summed E-state index contributed by atoms with van der Waals surface area (Å²) in [6.07, 6.45) is 0. The molecule has 0 unspecified atom stereocenters. The van der Waals surface area contributed by atoms with E-state index in [1.54, 1.807) is 26.0 Å². The van der Waals surface area contributed by atoms with E-state index < -0.39 is 11.3 Å². The van der Waals surface area contributed by atoms with Crippen LogP contribution in [-0.4, -0.2) is 11.8 Å². The Morgan fingerprint density at radius 1 is 1.25 bits per heavy atom. The van der Waals surface area contributed by atoms with Gasteiger partial charge in [0.2, 0.25) is 5.91 Å². The van der Waals surface area contributed by atoms with Crippen LogP contribution in [0.4, 0.5) is 5.69 Å². The van der Waals surface area contributed by atoms with E-state index in [1.807, 2.05) is 0 Å². The van der Waals surface area contributed by atoms with E-state index in [0.717, 1.165) is 0 Å². The molecule has 2 amide bonds. The van der Waals surface area contributed by atoms with Crippen LogP contribution in [0.5, 0.6) is 0 Å². The molecule has 0 saturated carbocycles. The Morgan fingerprint density at radius 3 is 2.50 bits per heavy atom. The van der Waals surface area contributed by atoms with E-state index >= 15 is 0 Å². The molecule has 0 saturated heterocycles. The number of amides is 2. The average Bonchev–Trinajstić information content (AvgIpc) is 2.15. The van der Waals surface area contributed by atoms with E-state index in [1.165, 1.54) is 6.07 Å². The summed E-state index contributed by atoms with van der Waals surface area (Å²) in [5.74, 6) is -0.707. The van der Waals surface area contributed by atoms with Gasteiger partial charge in [0.15, 0.2) is 0 Å². The Labute approximate surface area is 130 Å². The minimum absolute atomic E-state index is 0. The van der Waals surface area contributed by atoms with Gasteiger partial charge in [-0.3, -0.25) is 14.9 Å². The number of fused-ring (bicyclic) bond motifs is 1. The second-order valence-corrected chi connectivity index (χ2v) is 4.17.